The minimum absolute atomic E-state index is 0.0103. The van der Waals surface area contributed by atoms with Gasteiger partial charge in [-0.3, -0.25) is 19.3 Å². The van der Waals surface area contributed by atoms with Gasteiger partial charge in [0.1, 0.15) is 17.1 Å². The van der Waals surface area contributed by atoms with E-state index in [-0.39, 0.29) is 23.6 Å². The second-order valence-corrected chi connectivity index (χ2v) is 24.7. The van der Waals surface area contributed by atoms with E-state index in [4.69, 9.17) is 17.0 Å². The van der Waals surface area contributed by atoms with E-state index in [9.17, 15) is 44.7 Å². The van der Waals surface area contributed by atoms with E-state index in [1.807, 2.05) is 0 Å². The predicted octanol–water partition coefficient (Wildman–Crippen LogP) is 3.37. The van der Waals surface area contributed by atoms with Crippen molar-refractivity contribution in [2.24, 2.45) is 17.6 Å². The Morgan fingerprint density at radius 1 is 1.04 bits per heavy atom. The number of halogens is 1. The summed E-state index contributed by atoms with van der Waals surface area (Å²) in [6, 6.07) is 1.59. The normalized spacial score (nSPS) is 28.4. The van der Waals surface area contributed by atoms with Gasteiger partial charge in [-0.05, 0) is 25.6 Å². The zero-order valence-corrected chi connectivity index (χ0v) is 29.4. The molecule has 1 saturated carbocycles. The fraction of sp³-hybridized carbons (Fsp3) is 0.576. The Morgan fingerprint density at radius 3 is 2.21 bits per heavy atom. The fourth-order valence-corrected chi connectivity index (χ4v) is 9.04. The number of phenols is 1. The molecule has 1 aromatic rings. The van der Waals surface area contributed by atoms with Crippen molar-refractivity contribution in [1.82, 2.24) is 4.90 Å². The standard InChI is InChI=1S/C33H47ClN3O9P/c1-16-17-13-14-18(36-19(38)12-10-8-7-9-11-15-47(4,5,6)34)26(39)21(17)27(40)22-20(16)28(41)24-25(37(2)3)29(42)23(32(35)45)31(44)33(24,46)30(22)43/h13-14,16,20,24-25,28,39-41,44,46H,7-12,15H2,1-6H3,(H2,35,45)(H,36,38)/t16-,20+,24+,25-,28-,33-/m0/s1. The summed E-state index contributed by atoms with van der Waals surface area (Å²) in [6.45, 7) is 8.02. The first kappa shape index (κ1) is 36.8. The number of unbranched alkanes of at least 4 members (excludes halogenated alkanes) is 4. The van der Waals surface area contributed by atoms with Crippen molar-refractivity contribution in [3.63, 3.8) is 0 Å². The van der Waals surface area contributed by atoms with Gasteiger partial charge >= 0.3 is 132 Å². The number of phenolic OH excluding ortho intramolecular Hbond substituents is 1. The van der Waals surface area contributed by atoms with E-state index in [2.05, 4.69) is 25.3 Å². The molecule has 260 valence electrons. The Hall–Kier alpha value is -3.02. The third-order valence-electron chi connectivity index (χ3n) is 9.72. The van der Waals surface area contributed by atoms with Crippen molar-refractivity contribution in [1.29, 1.82) is 0 Å². The summed E-state index contributed by atoms with van der Waals surface area (Å²) in [5.41, 5.74) is 1.04. The molecule has 3 aliphatic carbocycles. The minimum Gasteiger partial charge on any atom is -0.508 e. The van der Waals surface area contributed by atoms with Crippen LogP contribution in [-0.2, 0) is 19.2 Å². The molecular formula is C33H47ClN3O9P. The Balaban J connectivity index is 1.62. The van der Waals surface area contributed by atoms with Crippen LogP contribution in [0.25, 0.3) is 5.76 Å². The summed E-state index contributed by atoms with van der Waals surface area (Å²) in [4.78, 5) is 53.7. The maximum atomic E-state index is 14.1. The smallest absolute Gasteiger partial charge is 0.508 e. The second kappa shape index (κ2) is 12.8. The molecule has 47 heavy (non-hydrogen) atoms. The molecule has 8 N–H and O–H groups in total. The molecule has 0 aliphatic heterocycles. The summed E-state index contributed by atoms with van der Waals surface area (Å²) in [5, 5.41) is 59.9. The molecule has 0 spiro atoms. The van der Waals surface area contributed by atoms with Crippen molar-refractivity contribution in [2.45, 2.75) is 69.1 Å². The number of amides is 2. The third-order valence-corrected chi connectivity index (χ3v) is 12.1. The van der Waals surface area contributed by atoms with Crippen LogP contribution in [0.1, 0.15) is 62.5 Å². The third kappa shape index (κ3) is 6.68. The first-order valence-electron chi connectivity index (χ1n) is 15.8. The van der Waals surface area contributed by atoms with Crippen LogP contribution in [0.2, 0.25) is 0 Å². The number of Topliss-reactive ketones (excluding diaryl/α,β-unsaturated/α-hetero) is 2. The number of ketones is 2. The number of fused-ring (bicyclic) bond motifs is 3. The van der Waals surface area contributed by atoms with Gasteiger partial charge in [-0.15, -0.1) is 0 Å². The number of benzene rings is 1. The van der Waals surface area contributed by atoms with E-state index in [0.29, 0.717) is 12.0 Å². The van der Waals surface area contributed by atoms with Gasteiger partial charge < -0.3 is 26.2 Å². The Morgan fingerprint density at radius 2 is 1.64 bits per heavy atom. The zero-order valence-electron chi connectivity index (χ0n) is 27.7. The molecule has 0 bridgehead atoms. The molecule has 0 aromatic heterocycles. The number of primary amides is 1. The van der Waals surface area contributed by atoms with Crippen molar-refractivity contribution in [3.8, 4) is 5.75 Å². The van der Waals surface area contributed by atoms with Gasteiger partial charge in [0.2, 0.25) is 5.78 Å². The number of likely N-dealkylation sites (N-methyl/N-ethyl adjacent to an activating group) is 1. The first-order valence-corrected chi connectivity index (χ1v) is 20.5. The van der Waals surface area contributed by atoms with Crippen LogP contribution in [0.5, 0.6) is 5.75 Å². The molecule has 3 aliphatic rings. The molecule has 6 atom stereocenters. The number of nitrogens with one attached hydrogen (secondary N) is 1. The average Bonchev–Trinajstić information content (AvgIpc) is 2.94. The van der Waals surface area contributed by atoms with Gasteiger partial charge in [-0.25, -0.2) is 0 Å². The van der Waals surface area contributed by atoms with Crippen LogP contribution in [0.15, 0.2) is 29.0 Å². The number of nitrogens with two attached hydrogens (primary N) is 1. The minimum atomic E-state index is -2.99. The number of nitrogens with zero attached hydrogens (tertiary/aromatic N) is 1. The molecule has 1 aromatic carbocycles. The van der Waals surface area contributed by atoms with Crippen LogP contribution in [0.3, 0.4) is 0 Å². The number of aliphatic hydroxyl groups excluding tert-OH is 3. The molecule has 0 unspecified atom stereocenters. The molecule has 0 saturated heterocycles. The SMILES string of the molecule is C[C@H]1c2ccc(NC(=O)CCCCCCCP(C)(C)(C)Cl)c(O)c2C(O)=C2C(=O)[C@]3(O)C(O)=C(C(N)=O)C(=O)[C@@H](N(C)C)[C@@H]3[C@@H](O)[C@@H]21. The van der Waals surface area contributed by atoms with Crippen LogP contribution in [0, 0.1) is 11.8 Å². The number of rotatable bonds is 11. The van der Waals surface area contributed by atoms with Gasteiger partial charge in [0, 0.05) is 11.5 Å². The van der Waals surface area contributed by atoms with Crippen LogP contribution in [0.4, 0.5) is 5.69 Å². The van der Waals surface area contributed by atoms with Crippen LogP contribution in [-0.4, -0.2) is 112 Å². The molecule has 0 heterocycles. The van der Waals surface area contributed by atoms with E-state index >= 15 is 0 Å². The Bertz CT molecular complexity index is 1570. The summed E-state index contributed by atoms with van der Waals surface area (Å²) in [6.07, 6.45) is 4.01. The second-order valence-electron chi connectivity index (χ2n) is 14.7. The van der Waals surface area contributed by atoms with Gasteiger partial charge in [-0.1, -0.05) is 6.92 Å². The number of carbonyl (C=O) groups excluding carboxylic acids is 4. The zero-order chi connectivity index (χ0) is 35.4. The average molecular weight is 696 g/mol. The summed E-state index contributed by atoms with van der Waals surface area (Å²) in [5.74, 6) is -12.1. The number of aliphatic hydroxyl groups is 4. The molecule has 0 radical (unpaired) electrons. The van der Waals surface area contributed by atoms with Crippen LogP contribution < -0.4 is 11.1 Å². The number of anilines is 1. The van der Waals surface area contributed by atoms with E-state index in [1.54, 1.807) is 13.0 Å². The Labute approximate surface area is 279 Å². The van der Waals surface area contributed by atoms with E-state index < -0.39 is 87.3 Å². The van der Waals surface area contributed by atoms with Crippen molar-refractivity contribution < 1.29 is 44.7 Å². The predicted molar refractivity (Wildman–Crippen MR) is 182 cm³/mol. The van der Waals surface area contributed by atoms with Crippen molar-refractivity contribution in [2.75, 3.05) is 45.6 Å². The van der Waals surface area contributed by atoms with Gasteiger partial charge in [-0.2, -0.15) is 0 Å². The molecule has 4 rings (SSSR count). The number of aromatic hydroxyl groups is 1. The molecule has 2 amide bonds. The number of hydrogen-bond donors (Lipinski definition) is 7. The van der Waals surface area contributed by atoms with Crippen molar-refractivity contribution >= 4 is 52.0 Å². The van der Waals surface area contributed by atoms with E-state index in [0.717, 1.165) is 31.8 Å². The summed E-state index contributed by atoms with van der Waals surface area (Å²) in [7, 11) is 2.89. The quantitative estimate of drug-likeness (QED) is 0.0776. The molecule has 1 fully saturated rings. The monoisotopic (exact) mass is 695 g/mol. The first-order chi connectivity index (χ1) is 21.6. The molecule has 12 nitrogen and oxygen atoms in total. The van der Waals surface area contributed by atoms with E-state index in [1.165, 1.54) is 25.1 Å². The molecule has 14 heteroatoms. The number of hydrogen-bond acceptors (Lipinski definition) is 10. The summed E-state index contributed by atoms with van der Waals surface area (Å²) < 4.78 is 0. The van der Waals surface area contributed by atoms with Gasteiger partial charge in [0.05, 0.1) is 18.1 Å². The van der Waals surface area contributed by atoms with Crippen molar-refractivity contribution in [3.05, 3.63) is 40.2 Å². The molecular weight excluding hydrogens is 649 g/mol. The van der Waals surface area contributed by atoms with Gasteiger partial charge in [0.15, 0.2) is 11.4 Å². The van der Waals surface area contributed by atoms with Crippen LogP contribution >= 0.6 is 17.2 Å². The Kier molecular flexibility index (Phi) is 10.0. The fourth-order valence-electron chi connectivity index (χ4n) is 7.39. The number of carbonyl (C=O) groups is 4. The summed E-state index contributed by atoms with van der Waals surface area (Å²) >= 11 is 6.60. The topological polar surface area (TPSA) is 211 Å². The van der Waals surface area contributed by atoms with Gasteiger partial charge in [0.25, 0.3) is 5.91 Å². The maximum absolute atomic E-state index is 14.1.